The number of halogens is 1. The molecule has 0 aliphatic carbocycles. The number of benzene rings is 1. The van der Waals surface area contributed by atoms with Crippen molar-refractivity contribution in [2.75, 3.05) is 31.3 Å². The van der Waals surface area contributed by atoms with E-state index >= 15 is 4.39 Å². The van der Waals surface area contributed by atoms with Crippen LogP contribution in [0.25, 0.3) is 11.2 Å². The van der Waals surface area contributed by atoms with Crippen molar-refractivity contribution >= 4 is 36.6 Å². The van der Waals surface area contributed by atoms with Gasteiger partial charge in [0.25, 0.3) is 0 Å². The third kappa shape index (κ3) is 5.72. The van der Waals surface area contributed by atoms with Crippen molar-refractivity contribution in [1.29, 1.82) is 0 Å². The lowest BCUT2D eigenvalue weighted by Gasteiger charge is -2.25. The normalized spacial score (nSPS) is 24.6. The highest BCUT2D eigenvalue weighted by atomic mass is 31.2. The molecule has 2 aromatic heterocycles. The molecule has 1 fully saturated rings. The van der Waals surface area contributed by atoms with Gasteiger partial charge in [-0.1, -0.05) is 24.1 Å². The van der Waals surface area contributed by atoms with E-state index in [1.54, 1.807) is 32.2 Å². The van der Waals surface area contributed by atoms with Crippen LogP contribution in [0.2, 0.25) is 0 Å². The molecule has 4 rings (SSSR count). The highest BCUT2D eigenvalue weighted by Crippen LogP contribution is 2.48. The molecule has 6 atom stereocenters. The van der Waals surface area contributed by atoms with Crippen LogP contribution in [0, 0.1) is 12.3 Å². The number of esters is 1. The third-order valence-corrected chi connectivity index (χ3v) is 7.61. The number of hydrogen-bond acceptors (Lipinski definition) is 12. The summed E-state index contributed by atoms with van der Waals surface area (Å²) in [6.07, 6.45) is 1.74. The fourth-order valence-corrected chi connectivity index (χ4v) is 5.53. The minimum absolute atomic E-state index is 0.0934. The maximum atomic E-state index is 16.1. The molecule has 0 saturated carbocycles. The lowest BCUT2D eigenvalue weighted by atomic mass is 9.97. The Hall–Kier alpha value is -3.80. The van der Waals surface area contributed by atoms with Crippen LogP contribution in [0.5, 0.6) is 5.75 Å². The zero-order valence-electron chi connectivity index (χ0n) is 21.9. The minimum atomic E-state index is -4.32. The number of aromatic nitrogens is 4. The van der Waals surface area contributed by atoms with Gasteiger partial charge < -0.3 is 30.2 Å². The van der Waals surface area contributed by atoms with E-state index in [1.807, 2.05) is 5.92 Å². The Morgan fingerprint density at radius 1 is 1.40 bits per heavy atom. The summed E-state index contributed by atoms with van der Waals surface area (Å²) >= 11 is 0. The maximum absolute atomic E-state index is 16.1. The molecule has 0 radical (unpaired) electrons. The van der Waals surface area contributed by atoms with E-state index in [0.29, 0.717) is 0 Å². The van der Waals surface area contributed by atoms with E-state index in [1.165, 1.54) is 30.0 Å². The summed E-state index contributed by atoms with van der Waals surface area (Å²) in [4.78, 5) is 24.5. The molecule has 0 amide bonds. The molecule has 0 bridgehead atoms. The fraction of sp³-hybridized carbons (Fsp3) is 0.417. The summed E-state index contributed by atoms with van der Waals surface area (Å²) < 4.78 is 52.8. The van der Waals surface area contributed by atoms with Gasteiger partial charge in [-0.25, -0.2) is 13.9 Å². The molecule has 1 aromatic carbocycles. The Labute approximate surface area is 229 Å². The largest absolute Gasteiger partial charge is 0.465 e. The highest BCUT2D eigenvalue weighted by molar-refractivity contribution is 7.52. The smallest absolute Gasteiger partial charge is 0.459 e. The van der Waals surface area contributed by atoms with E-state index in [9.17, 15) is 14.5 Å². The number of aliphatic hydroxyl groups excluding tert-OH is 1. The second-order valence-electron chi connectivity index (χ2n) is 8.69. The Kier molecular flexibility index (Phi) is 8.57. The summed E-state index contributed by atoms with van der Waals surface area (Å²) in [5.74, 6) is 1.57. The second kappa shape index (κ2) is 11.7. The lowest BCUT2D eigenvalue weighted by Crippen LogP contribution is -2.42. The monoisotopic (exact) mass is 577 g/mol. The average molecular weight is 578 g/mol. The number of hydrogen-bond donors (Lipinski definition) is 4. The first kappa shape index (κ1) is 29.2. The minimum Gasteiger partial charge on any atom is -0.465 e. The van der Waals surface area contributed by atoms with Crippen LogP contribution >= 0.6 is 7.75 Å². The predicted molar refractivity (Wildman–Crippen MR) is 142 cm³/mol. The molecule has 214 valence electrons. The van der Waals surface area contributed by atoms with Gasteiger partial charge in [-0.3, -0.25) is 13.9 Å². The summed E-state index contributed by atoms with van der Waals surface area (Å²) in [5, 5.41) is 16.2. The highest BCUT2D eigenvalue weighted by Gasteiger charge is 2.58. The first-order valence-corrected chi connectivity index (χ1v) is 13.7. The van der Waals surface area contributed by atoms with Crippen LogP contribution in [-0.4, -0.2) is 74.8 Å². The van der Waals surface area contributed by atoms with E-state index in [4.69, 9.17) is 30.7 Å². The Bertz CT molecular complexity index is 1450. The molecule has 0 spiro atoms. The van der Waals surface area contributed by atoms with Gasteiger partial charge in [0.1, 0.15) is 24.0 Å². The summed E-state index contributed by atoms with van der Waals surface area (Å²) in [6, 6.07) is 6.93. The van der Waals surface area contributed by atoms with E-state index in [-0.39, 0.29) is 35.3 Å². The van der Waals surface area contributed by atoms with Crippen LogP contribution in [-0.2, 0) is 23.4 Å². The number of rotatable bonds is 11. The maximum Gasteiger partial charge on any atom is 0.459 e. The van der Waals surface area contributed by atoms with Gasteiger partial charge in [-0.2, -0.15) is 15.1 Å². The topological polar surface area (TPSA) is 185 Å². The number of carbonyl (C=O) groups is 1. The summed E-state index contributed by atoms with van der Waals surface area (Å²) in [7, 11) is -2.73. The number of terminal acetylenes is 1. The van der Waals surface area contributed by atoms with Crippen LogP contribution < -0.4 is 20.7 Å². The standard InChI is InChI=1S/C24H29FN7O7P/c1-5-24(25)18(33)16(38-22(24)32-13-28-17-19(27-4)29-23(26)30-20(17)32)12-37-40(35,31-14(3)21(34)36-6-2)39-15-10-8-7-9-11-15/h1,7-11,13-14,16,18,22,33H,6,12H2,2-4H3,(H,31,35)(H3,26,27,29,30)/t14-,16+,18+,22+,24+,40-/m0/s1. The van der Waals surface area contributed by atoms with E-state index in [0.717, 1.165) is 0 Å². The van der Waals surface area contributed by atoms with Crippen molar-refractivity contribution in [2.24, 2.45) is 0 Å². The van der Waals surface area contributed by atoms with Gasteiger partial charge in [0.15, 0.2) is 23.2 Å². The molecule has 0 unspecified atom stereocenters. The van der Waals surface area contributed by atoms with Gasteiger partial charge in [-0.15, -0.1) is 6.42 Å². The Morgan fingerprint density at radius 2 is 2.12 bits per heavy atom. The van der Waals surface area contributed by atoms with Crippen molar-refractivity contribution in [3.8, 4) is 18.1 Å². The molecule has 16 heteroatoms. The number of imidazole rings is 1. The fourth-order valence-electron chi connectivity index (χ4n) is 4.03. The number of para-hydroxylation sites is 1. The van der Waals surface area contributed by atoms with Gasteiger partial charge >= 0.3 is 13.7 Å². The number of ether oxygens (including phenoxy) is 2. The summed E-state index contributed by atoms with van der Waals surface area (Å²) in [6.45, 7) is 2.47. The van der Waals surface area contributed by atoms with E-state index in [2.05, 4.69) is 25.4 Å². The molecular weight excluding hydrogens is 548 g/mol. The van der Waals surface area contributed by atoms with Crippen LogP contribution in [0.3, 0.4) is 0 Å². The van der Waals surface area contributed by atoms with Crippen LogP contribution in [0.1, 0.15) is 20.1 Å². The first-order chi connectivity index (χ1) is 19.0. The Balaban J connectivity index is 1.60. The van der Waals surface area contributed by atoms with Crippen molar-refractivity contribution in [3.05, 3.63) is 36.7 Å². The Morgan fingerprint density at radius 3 is 2.77 bits per heavy atom. The van der Waals surface area contributed by atoms with Crippen LogP contribution in [0.4, 0.5) is 16.2 Å². The van der Waals surface area contributed by atoms with E-state index < -0.39 is 50.5 Å². The number of anilines is 2. The zero-order valence-corrected chi connectivity index (χ0v) is 22.7. The van der Waals surface area contributed by atoms with Gasteiger partial charge in [-0.05, 0) is 26.0 Å². The SMILES string of the molecule is C#C[C@@]1(F)[C@H](O)[C@@H](CO[P@@](=O)(N[C@@H](C)C(=O)OCC)Oc2ccccc2)O[C@H]1n1cnc2c(NC)nc(N)nc21. The molecular formula is C24H29FN7O7P. The molecule has 1 saturated heterocycles. The molecule has 1 aliphatic rings. The number of fused-ring (bicyclic) bond motifs is 1. The molecule has 5 N–H and O–H groups in total. The third-order valence-electron chi connectivity index (χ3n) is 5.96. The van der Waals surface area contributed by atoms with Gasteiger partial charge in [0, 0.05) is 7.05 Å². The molecule has 3 heterocycles. The van der Waals surface area contributed by atoms with Crippen molar-refractivity contribution in [3.63, 3.8) is 0 Å². The number of carbonyl (C=O) groups excluding carboxylic acids is 1. The number of aliphatic hydroxyl groups is 1. The van der Waals surface area contributed by atoms with Gasteiger partial charge in [0.2, 0.25) is 11.6 Å². The van der Waals surface area contributed by atoms with Crippen molar-refractivity contribution in [2.45, 2.75) is 44.0 Å². The number of alkyl halides is 1. The quantitative estimate of drug-likeness (QED) is 0.147. The van der Waals surface area contributed by atoms with Gasteiger partial charge in [0.05, 0.1) is 19.5 Å². The average Bonchev–Trinajstić information content (AvgIpc) is 3.46. The predicted octanol–water partition coefficient (Wildman–Crippen LogP) is 1.79. The first-order valence-electron chi connectivity index (χ1n) is 12.2. The number of nitrogens with one attached hydrogen (secondary N) is 2. The summed E-state index contributed by atoms with van der Waals surface area (Å²) in [5.41, 5.74) is 3.36. The number of nitrogens with zero attached hydrogens (tertiary/aromatic N) is 4. The van der Waals surface area contributed by atoms with Crippen LogP contribution in [0.15, 0.2) is 36.7 Å². The molecule has 14 nitrogen and oxygen atoms in total. The van der Waals surface area contributed by atoms with Crippen molar-refractivity contribution < 1.29 is 37.4 Å². The molecule has 40 heavy (non-hydrogen) atoms. The van der Waals surface area contributed by atoms with Crippen molar-refractivity contribution in [1.82, 2.24) is 24.6 Å². The number of nitrogens with two attached hydrogens (primary N) is 1. The molecule has 3 aromatic rings. The second-order valence-corrected chi connectivity index (χ2v) is 10.4. The molecule has 1 aliphatic heterocycles. The number of nitrogen functional groups attached to an aromatic ring is 1. The zero-order chi connectivity index (χ0) is 29.1. The lowest BCUT2D eigenvalue weighted by molar-refractivity contribution is -0.144.